The molecule has 0 aromatic heterocycles. The summed E-state index contributed by atoms with van der Waals surface area (Å²) in [7, 11) is 4.14. The van der Waals surface area contributed by atoms with Gasteiger partial charge < -0.3 is 15.0 Å². The van der Waals surface area contributed by atoms with Gasteiger partial charge in [0, 0.05) is 24.7 Å². The van der Waals surface area contributed by atoms with Gasteiger partial charge in [0.25, 0.3) is 0 Å². The van der Waals surface area contributed by atoms with E-state index in [4.69, 9.17) is 4.74 Å². The minimum atomic E-state index is 0.663. The average molecular weight is 264 g/mol. The van der Waals surface area contributed by atoms with Crippen LogP contribution in [0.2, 0.25) is 0 Å². The second kappa shape index (κ2) is 8.94. The van der Waals surface area contributed by atoms with E-state index < -0.39 is 0 Å². The summed E-state index contributed by atoms with van der Waals surface area (Å²) in [4.78, 5) is 2.39. The van der Waals surface area contributed by atoms with Crippen molar-refractivity contribution in [3.05, 3.63) is 29.8 Å². The molecule has 0 aliphatic rings. The third-order valence-electron chi connectivity index (χ3n) is 3.61. The van der Waals surface area contributed by atoms with Crippen molar-refractivity contribution in [2.24, 2.45) is 0 Å². The molecule has 3 heteroatoms. The zero-order chi connectivity index (χ0) is 14.1. The van der Waals surface area contributed by atoms with Crippen molar-refractivity contribution < 1.29 is 4.74 Å². The Labute approximate surface area is 118 Å². The van der Waals surface area contributed by atoms with E-state index in [2.05, 4.69) is 43.2 Å². The second-order valence-corrected chi connectivity index (χ2v) is 4.94. The monoisotopic (exact) mass is 264 g/mol. The van der Waals surface area contributed by atoms with Gasteiger partial charge in [-0.1, -0.05) is 32.0 Å². The van der Waals surface area contributed by atoms with Gasteiger partial charge in [0.2, 0.25) is 0 Å². The lowest BCUT2D eigenvalue weighted by Gasteiger charge is -2.26. The van der Waals surface area contributed by atoms with Crippen LogP contribution in [-0.4, -0.2) is 38.2 Å². The Bertz CT molecular complexity index is 350. The number of rotatable bonds is 9. The Morgan fingerprint density at radius 1 is 1.21 bits per heavy atom. The fourth-order valence-electron chi connectivity index (χ4n) is 2.38. The predicted octanol–water partition coefficient (Wildman–Crippen LogP) is 2.91. The van der Waals surface area contributed by atoms with Crippen LogP contribution in [-0.2, 0) is 6.54 Å². The summed E-state index contributed by atoms with van der Waals surface area (Å²) in [6.45, 7) is 7.05. The Balaban J connectivity index is 2.44. The van der Waals surface area contributed by atoms with E-state index >= 15 is 0 Å². The molecule has 1 aromatic carbocycles. The van der Waals surface area contributed by atoms with Crippen LogP contribution in [0.5, 0.6) is 5.75 Å². The molecule has 0 atom stereocenters. The molecule has 0 bridgehead atoms. The minimum absolute atomic E-state index is 0.663. The first-order chi connectivity index (χ1) is 9.22. The quantitative estimate of drug-likeness (QED) is 0.742. The minimum Gasteiger partial charge on any atom is -0.492 e. The first kappa shape index (κ1) is 16.0. The lowest BCUT2D eigenvalue weighted by Crippen LogP contribution is -2.34. The maximum absolute atomic E-state index is 5.92. The van der Waals surface area contributed by atoms with Crippen LogP contribution in [0.3, 0.4) is 0 Å². The number of ether oxygens (including phenoxy) is 1. The van der Waals surface area contributed by atoms with E-state index in [0.29, 0.717) is 6.04 Å². The van der Waals surface area contributed by atoms with Crippen molar-refractivity contribution in [1.29, 1.82) is 0 Å². The smallest absolute Gasteiger partial charge is 0.123 e. The van der Waals surface area contributed by atoms with E-state index in [1.807, 2.05) is 19.2 Å². The fourth-order valence-corrected chi connectivity index (χ4v) is 2.38. The lowest BCUT2D eigenvalue weighted by atomic mass is 10.1. The summed E-state index contributed by atoms with van der Waals surface area (Å²) in [6, 6.07) is 8.89. The molecule has 19 heavy (non-hydrogen) atoms. The maximum Gasteiger partial charge on any atom is 0.123 e. The number of benzene rings is 1. The molecule has 1 rings (SSSR count). The maximum atomic E-state index is 5.92. The Morgan fingerprint density at radius 3 is 2.53 bits per heavy atom. The van der Waals surface area contributed by atoms with Crippen molar-refractivity contribution in [3.8, 4) is 5.75 Å². The highest BCUT2D eigenvalue weighted by molar-refractivity contribution is 5.33. The Kier molecular flexibility index (Phi) is 7.53. The molecule has 0 fully saturated rings. The number of para-hydroxylation sites is 1. The van der Waals surface area contributed by atoms with Crippen LogP contribution >= 0.6 is 0 Å². The predicted molar refractivity (Wildman–Crippen MR) is 81.7 cm³/mol. The molecule has 0 aliphatic carbocycles. The Hall–Kier alpha value is -1.06. The van der Waals surface area contributed by atoms with Gasteiger partial charge in [-0.05, 0) is 33.0 Å². The summed E-state index contributed by atoms with van der Waals surface area (Å²) in [5.74, 6) is 0.995. The number of hydrogen-bond acceptors (Lipinski definition) is 3. The lowest BCUT2D eigenvalue weighted by molar-refractivity contribution is 0.183. The highest BCUT2D eigenvalue weighted by Gasteiger charge is 2.10. The van der Waals surface area contributed by atoms with Crippen LogP contribution in [0.15, 0.2) is 24.3 Å². The zero-order valence-corrected chi connectivity index (χ0v) is 12.8. The van der Waals surface area contributed by atoms with Crippen molar-refractivity contribution in [3.63, 3.8) is 0 Å². The largest absolute Gasteiger partial charge is 0.492 e. The molecular formula is C16H28N2O. The van der Waals surface area contributed by atoms with Crippen molar-refractivity contribution in [2.45, 2.75) is 39.3 Å². The van der Waals surface area contributed by atoms with Gasteiger partial charge in [0.05, 0.1) is 0 Å². The van der Waals surface area contributed by atoms with E-state index in [9.17, 15) is 0 Å². The summed E-state index contributed by atoms with van der Waals surface area (Å²) in [5.41, 5.74) is 1.22. The number of nitrogens with zero attached hydrogens (tertiary/aromatic N) is 1. The first-order valence-corrected chi connectivity index (χ1v) is 7.28. The molecule has 108 valence electrons. The van der Waals surface area contributed by atoms with Crippen molar-refractivity contribution >= 4 is 0 Å². The van der Waals surface area contributed by atoms with Crippen LogP contribution < -0.4 is 10.1 Å². The number of likely N-dealkylation sites (N-methyl/N-ethyl adjacent to an activating group) is 1. The molecule has 0 aliphatic heterocycles. The molecule has 3 nitrogen and oxygen atoms in total. The summed E-state index contributed by atoms with van der Waals surface area (Å²) >= 11 is 0. The van der Waals surface area contributed by atoms with Crippen molar-refractivity contribution in [2.75, 3.05) is 27.2 Å². The number of hydrogen-bond donors (Lipinski definition) is 1. The van der Waals surface area contributed by atoms with E-state index in [1.165, 1.54) is 18.4 Å². The Morgan fingerprint density at radius 2 is 1.89 bits per heavy atom. The number of nitrogens with one attached hydrogen (secondary N) is 1. The van der Waals surface area contributed by atoms with Gasteiger partial charge in [-0.3, -0.25) is 0 Å². The highest BCUT2D eigenvalue weighted by atomic mass is 16.5. The molecule has 1 N–H and O–H groups in total. The van der Waals surface area contributed by atoms with Crippen LogP contribution in [0.25, 0.3) is 0 Å². The molecular weight excluding hydrogens is 236 g/mol. The van der Waals surface area contributed by atoms with Gasteiger partial charge in [-0.15, -0.1) is 0 Å². The first-order valence-electron chi connectivity index (χ1n) is 7.28. The molecule has 0 radical (unpaired) electrons. The van der Waals surface area contributed by atoms with E-state index in [-0.39, 0.29) is 0 Å². The molecule has 0 saturated heterocycles. The van der Waals surface area contributed by atoms with E-state index in [1.54, 1.807) is 0 Å². The molecule has 0 saturated carbocycles. The van der Waals surface area contributed by atoms with Gasteiger partial charge in [0.1, 0.15) is 12.4 Å². The average Bonchev–Trinajstić information content (AvgIpc) is 2.42. The topological polar surface area (TPSA) is 24.5 Å². The van der Waals surface area contributed by atoms with Crippen LogP contribution in [0.4, 0.5) is 0 Å². The third-order valence-corrected chi connectivity index (χ3v) is 3.61. The van der Waals surface area contributed by atoms with Crippen LogP contribution in [0.1, 0.15) is 32.3 Å². The normalized spacial score (nSPS) is 11.3. The van der Waals surface area contributed by atoms with Gasteiger partial charge in [-0.2, -0.15) is 0 Å². The molecule has 1 aromatic rings. The van der Waals surface area contributed by atoms with E-state index in [0.717, 1.165) is 25.4 Å². The molecule has 0 heterocycles. The van der Waals surface area contributed by atoms with Gasteiger partial charge in [0.15, 0.2) is 0 Å². The standard InChI is InChI=1S/C16H28N2O/c1-5-15(6-2)18(4)11-12-19-16-10-8-7-9-14(16)13-17-3/h7-10,15,17H,5-6,11-13H2,1-4H3. The van der Waals surface area contributed by atoms with Crippen molar-refractivity contribution in [1.82, 2.24) is 10.2 Å². The SMILES string of the molecule is CCC(CC)N(C)CCOc1ccccc1CNC. The van der Waals surface area contributed by atoms with Crippen LogP contribution in [0, 0.1) is 0 Å². The molecule has 0 amide bonds. The zero-order valence-electron chi connectivity index (χ0n) is 12.8. The fraction of sp³-hybridized carbons (Fsp3) is 0.625. The summed E-state index contributed by atoms with van der Waals surface area (Å²) in [6.07, 6.45) is 2.40. The summed E-state index contributed by atoms with van der Waals surface area (Å²) in [5, 5.41) is 3.17. The highest BCUT2D eigenvalue weighted by Crippen LogP contribution is 2.17. The second-order valence-electron chi connectivity index (χ2n) is 4.94. The van der Waals surface area contributed by atoms with Gasteiger partial charge in [-0.25, -0.2) is 0 Å². The molecule has 0 spiro atoms. The third kappa shape index (κ3) is 5.21. The molecule has 0 unspecified atom stereocenters. The summed E-state index contributed by atoms with van der Waals surface area (Å²) < 4.78 is 5.92. The van der Waals surface area contributed by atoms with Gasteiger partial charge >= 0.3 is 0 Å².